The van der Waals surface area contributed by atoms with Gasteiger partial charge >= 0.3 is 0 Å². The van der Waals surface area contributed by atoms with E-state index < -0.39 is 5.92 Å². The molecule has 0 heterocycles. The summed E-state index contributed by atoms with van der Waals surface area (Å²) in [5, 5.41) is 0. The van der Waals surface area contributed by atoms with Crippen molar-refractivity contribution in [3.05, 3.63) is 0 Å². The molecule has 0 radical (unpaired) electrons. The maximum Gasteiger partial charge on any atom is 0.248 e. The maximum atomic E-state index is 11.9. The lowest BCUT2D eigenvalue weighted by Gasteiger charge is -2.33. The van der Waals surface area contributed by atoms with E-state index in [1.165, 1.54) is 6.42 Å². The molecule has 1 fully saturated rings. The van der Waals surface area contributed by atoms with Crippen molar-refractivity contribution in [2.45, 2.75) is 46.0 Å². The average molecular weight is 193 g/mol. The molecular formula is C10H21F2N. The molecule has 2 N–H and O–H groups in total. The predicted molar refractivity (Wildman–Crippen MR) is 51.9 cm³/mol. The standard InChI is InChI=1S/C5H9F2N.C5H12/c6-5(7)1-4(2-5)3-8;1-4-5(2)3/h4H,1-3,8H2;5H,4H2,1-3H3. The SMILES string of the molecule is CCC(C)C.NCC1CC(F)(F)C1. The van der Waals surface area contributed by atoms with Gasteiger partial charge in [0.15, 0.2) is 0 Å². The predicted octanol–water partition coefficient (Wildman–Crippen LogP) is 3.04. The van der Waals surface area contributed by atoms with Crippen LogP contribution in [0.1, 0.15) is 40.0 Å². The van der Waals surface area contributed by atoms with Gasteiger partial charge in [-0.05, 0) is 18.4 Å². The van der Waals surface area contributed by atoms with Gasteiger partial charge in [-0.15, -0.1) is 0 Å². The Labute approximate surface area is 79.7 Å². The number of rotatable bonds is 2. The van der Waals surface area contributed by atoms with Gasteiger partial charge in [-0.25, -0.2) is 8.78 Å². The van der Waals surface area contributed by atoms with E-state index in [1.807, 2.05) is 0 Å². The largest absolute Gasteiger partial charge is 0.330 e. The molecule has 0 spiro atoms. The second kappa shape index (κ2) is 5.53. The zero-order valence-corrected chi connectivity index (χ0v) is 8.82. The minimum absolute atomic E-state index is 0.00347. The molecule has 0 aromatic heterocycles. The molecule has 3 heteroatoms. The average Bonchev–Trinajstić information content (AvgIpc) is 2.01. The van der Waals surface area contributed by atoms with Crippen molar-refractivity contribution >= 4 is 0 Å². The number of halogens is 2. The summed E-state index contributed by atoms with van der Waals surface area (Å²) in [4.78, 5) is 0. The van der Waals surface area contributed by atoms with Gasteiger partial charge in [-0.2, -0.15) is 0 Å². The van der Waals surface area contributed by atoms with Crippen molar-refractivity contribution < 1.29 is 8.78 Å². The third-order valence-electron chi connectivity index (χ3n) is 2.32. The highest BCUT2D eigenvalue weighted by atomic mass is 19.3. The summed E-state index contributed by atoms with van der Waals surface area (Å²) in [7, 11) is 0. The molecule has 1 aliphatic carbocycles. The summed E-state index contributed by atoms with van der Waals surface area (Å²) in [5.41, 5.74) is 5.12. The number of hydrogen-bond donors (Lipinski definition) is 1. The Morgan fingerprint density at radius 2 is 1.77 bits per heavy atom. The van der Waals surface area contributed by atoms with Gasteiger partial charge in [-0.1, -0.05) is 27.2 Å². The Kier molecular flexibility index (Phi) is 5.45. The fraction of sp³-hybridized carbons (Fsp3) is 1.00. The number of nitrogens with two attached hydrogens (primary N) is 1. The Morgan fingerprint density at radius 3 is 1.85 bits per heavy atom. The summed E-state index contributed by atoms with van der Waals surface area (Å²) in [6.45, 7) is 7.06. The first-order valence-electron chi connectivity index (χ1n) is 4.99. The van der Waals surface area contributed by atoms with Gasteiger partial charge in [0.05, 0.1) is 0 Å². The summed E-state index contributed by atoms with van der Waals surface area (Å²) >= 11 is 0. The topological polar surface area (TPSA) is 26.0 Å². The Hall–Kier alpha value is -0.180. The zero-order valence-electron chi connectivity index (χ0n) is 8.82. The van der Waals surface area contributed by atoms with Gasteiger partial charge in [-0.3, -0.25) is 0 Å². The zero-order chi connectivity index (χ0) is 10.5. The molecule has 0 aromatic rings. The first-order valence-corrected chi connectivity index (χ1v) is 4.99. The molecule has 0 saturated heterocycles. The quantitative estimate of drug-likeness (QED) is 0.716. The summed E-state index contributed by atoms with van der Waals surface area (Å²) in [6, 6.07) is 0. The van der Waals surface area contributed by atoms with Crippen LogP contribution < -0.4 is 5.73 Å². The van der Waals surface area contributed by atoms with E-state index >= 15 is 0 Å². The molecular weight excluding hydrogens is 172 g/mol. The Bertz CT molecular complexity index is 127. The lowest BCUT2D eigenvalue weighted by molar-refractivity contribution is -0.107. The Balaban J connectivity index is 0.000000252. The molecule has 0 unspecified atom stereocenters. The van der Waals surface area contributed by atoms with Gasteiger partial charge in [0, 0.05) is 12.8 Å². The number of hydrogen-bond acceptors (Lipinski definition) is 1. The molecule has 0 amide bonds. The van der Waals surface area contributed by atoms with Crippen LogP contribution in [0, 0.1) is 11.8 Å². The van der Waals surface area contributed by atoms with Gasteiger partial charge in [0.25, 0.3) is 0 Å². The van der Waals surface area contributed by atoms with E-state index in [9.17, 15) is 8.78 Å². The lowest BCUT2D eigenvalue weighted by Crippen LogP contribution is -2.39. The fourth-order valence-corrected chi connectivity index (χ4v) is 0.952. The summed E-state index contributed by atoms with van der Waals surface area (Å²) < 4.78 is 23.8. The minimum Gasteiger partial charge on any atom is -0.330 e. The fourth-order valence-electron chi connectivity index (χ4n) is 0.952. The molecule has 0 atom stereocenters. The first kappa shape index (κ1) is 12.8. The van der Waals surface area contributed by atoms with Crippen molar-refractivity contribution in [1.82, 2.24) is 0 Å². The molecule has 1 rings (SSSR count). The van der Waals surface area contributed by atoms with Crippen LogP contribution in [-0.2, 0) is 0 Å². The second-order valence-electron chi connectivity index (χ2n) is 4.17. The van der Waals surface area contributed by atoms with Gasteiger partial charge < -0.3 is 5.73 Å². The highest BCUT2D eigenvalue weighted by molar-refractivity contribution is 4.86. The van der Waals surface area contributed by atoms with Crippen molar-refractivity contribution in [3.8, 4) is 0 Å². The molecule has 0 aromatic carbocycles. The van der Waals surface area contributed by atoms with Crippen molar-refractivity contribution in [2.24, 2.45) is 17.6 Å². The van der Waals surface area contributed by atoms with E-state index in [0.717, 1.165) is 5.92 Å². The van der Waals surface area contributed by atoms with Crippen LogP contribution in [0.15, 0.2) is 0 Å². The summed E-state index contributed by atoms with van der Waals surface area (Å²) in [5.74, 6) is -1.41. The molecule has 0 aliphatic heterocycles. The van der Waals surface area contributed by atoms with Crippen LogP contribution in [0.3, 0.4) is 0 Å². The van der Waals surface area contributed by atoms with Crippen molar-refractivity contribution in [2.75, 3.05) is 6.54 Å². The third-order valence-corrected chi connectivity index (χ3v) is 2.32. The highest BCUT2D eigenvalue weighted by Gasteiger charge is 2.44. The monoisotopic (exact) mass is 193 g/mol. The molecule has 0 bridgehead atoms. The van der Waals surface area contributed by atoms with Crippen LogP contribution in [0.25, 0.3) is 0 Å². The first-order chi connectivity index (χ1) is 5.91. The van der Waals surface area contributed by atoms with Crippen molar-refractivity contribution in [3.63, 3.8) is 0 Å². The second-order valence-corrected chi connectivity index (χ2v) is 4.17. The van der Waals surface area contributed by atoms with E-state index in [1.54, 1.807) is 0 Å². The molecule has 13 heavy (non-hydrogen) atoms. The van der Waals surface area contributed by atoms with E-state index in [0.29, 0.717) is 6.54 Å². The van der Waals surface area contributed by atoms with E-state index in [4.69, 9.17) is 5.73 Å². The molecule has 1 saturated carbocycles. The third kappa shape index (κ3) is 5.97. The van der Waals surface area contributed by atoms with Crippen LogP contribution in [0.4, 0.5) is 8.78 Å². The van der Waals surface area contributed by atoms with Crippen LogP contribution in [0.5, 0.6) is 0 Å². The molecule has 1 aliphatic rings. The van der Waals surface area contributed by atoms with Crippen LogP contribution in [-0.4, -0.2) is 12.5 Å². The van der Waals surface area contributed by atoms with Crippen molar-refractivity contribution in [1.29, 1.82) is 0 Å². The smallest absolute Gasteiger partial charge is 0.248 e. The molecule has 80 valence electrons. The number of alkyl halides is 2. The highest BCUT2D eigenvalue weighted by Crippen LogP contribution is 2.41. The van der Waals surface area contributed by atoms with E-state index in [2.05, 4.69) is 20.8 Å². The van der Waals surface area contributed by atoms with E-state index in [-0.39, 0.29) is 18.8 Å². The Morgan fingerprint density at radius 1 is 1.38 bits per heavy atom. The minimum atomic E-state index is -2.38. The summed E-state index contributed by atoms with van der Waals surface area (Å²) in [6.07, 6.45) is 1.31. The normalized spacial score (nSPS) is 20.5. The van der Waals surface area contributed by atoms with Crippen LogP contribution >= 0.6 is 0 Å². The maximum absolute atomic E-state index is 11.9. The van der Waals surface area contributed by atoms with Crippen LogP contribution in [0.2, 0.25) is 0 Å². The van der Waals surface area contributed by atoms with Gasteiger partial charge in [0.2, 0.25) is 5.92 Å². The molecule has 1 nitrogen and oxygen atoms in total. The lowest BCUT2D eigenvalue weighted by atomic mass is 9.82. The van der Waals surface area contributed by atoms with Gasteiger partial charge in [0.1, 0.15) is 0 Å².